The van der Waals surface area contributed by atoms with Crippen LogP contribution in [0.4, 0.5) is 4.39 Å². The van der Waals surface area contributed by atoms with Crippen LogP contribution in [0.3, 0.4) is 0 Å². The predicted molar refractivity (Wildman–Crippen MR) is 122 cm³/mol. The lowest BCUT2D eigenvalue weighted by Gasteiger charge is -2.63. The van der Waals surface area contributed by atoms with E-state index in [1.807, 2.05) is 13.0 Å². The molecule has 0 aromatic carbocycles. The number of aliphatic hydroxyl groups excluding tert-OH is 2. The topological polar surface area (TPSA) is 113 Å². The first-order valence-electron chi connectivity index (χ1n) is 12.3. The van der Waals surface area contributed by atoms with Crippen LogP contribution in [-0.2, 0) is 22.6 Å². The number of fused-ring (bicyclic) bond motifs is 6. The third-order valence-electron chi connectivity index (χ3n) is 10.2. The van der Waals surface area contributed by atoms with Gasteiger partial charge < -0.3 is 15.3 Å². The Hall–Kier alpha value is -1.90. The van der Waals surface area contributed by atoms with Crippen molar-refractivity contribution in [1.82, 2.24) is 9.78 Å². The number of carbonyl (C=O) groups excluding carboxylic acids is 2. The lowest BCUT2D eigenvalue weighted by Crippen LogP contribution is -2.70. The molecule has 4 aliphatic rings. The molecule has 3 N–H and O–H groups in total. The van der Waals surface area contributed by atoms with Gasteiger partial charge in [0.25, 0.3) is 0 Å². The minimum absolute atomic E-state index is 0.00874. The Morgan fingerprint density at radius 1 is 1.29 bits per heavy atom. The van der Waals surface area contributed by atoms with Crippen LogP contribution in [0.1, 0.15) is 64.6 Å². The van der Waals surface area contributed by atoms with Crippen LogP contribution in [-0.4, -0.2) is 60.6 Å². The fourth-order valence-corrected chi connectivity index (χ4v) is 8.50. The molecule has 1 aromatic rings. The number of nitrogens with zero attached hydrogens (tertiary/aromatic N) is 2. The second-order valence-corrected chi connectivity index (χ2v) is 11.7. The highest BCUT2D eigenvalue weighted by atomic mass is 19.1. The number of hydrogen-bond donors (Lipinski definition) is 3. The summed E-state index contributed by atoms with van der Waals surface area (Å²) in [5, 5.41) is 37.0. The van der Waals surface area contributed by atoms with Gasteiger partial charge in [-0.15, -0.1) is 0 Å². The second kappa shape index (κ2) is 7.31. The summed E-state index contributed by atoms with van der Waals surface area (Å²) in [7, 11) is 0. The number of carbonyl (C=O) groups is 2. The molecule has 0 spiro atoms. The van der Waals surface area contributed by atoms with E-state index in [1.165, 1.54) is 6.92 Å². The summed E-state index contributed by atoms with van der Waals surface area (Å²) in [6.45, 7) is 6.35. The second-order valence-electron chi connectivity index (χ2n) is 11.7. The summed E-state index contributed by atoms with van der Waals surface area (Å²) >= 11 is 0. The van der Waals surface area contributed by atoms with Crippen molar-refractivity contribution in [3.8, 4) is 0 Å². The van der Waals surface area contributed by atoms with Crippen molar-refractivity contribution in [3.63, 3.8) is 0 Å². The third-order valence-corrected chi connectivity index (χ3v) is 10.2. The van der Waals surface area contributed by atoms with Crippen LogP contribution in [0.25, 0.3) is 6.08 Å². The van der Waals surface area contributed by atoms with E-state index < -0.39 is 52.4 Å². The maximum Gasteiger partial charge on any atom is 0.190 e. The van der Waals surface area contributed by atoms with Crippen molar-refractivity contribution >= 4 is 17.6 Å². The van der Waals surface area contributed by atoms with Gasteiger partial charge in [-0.05, 0) is 62.5 Å². The Labute approximate surface area is 199 Å². The van der Waals surface area contributed by atoms with Gasteiger partial charge in [-0.1, -0.05) is 26.3 Å². The summed E-state index contributed by atoms with van der Waals surface area (Å²) in [5.41, 5.74) is -3.10. The molecule has 0 aliphatic heterocycles. The van der Waals surface area contributed by atoms with Crippen LogP contribution in [0.15, 0.2) is 11.8 Å². The van der Waals surface area contributed by atoms with Gasteiger partial charge in [-0.2, -0.15) is 5.10 Å². The number of hydrogen-bond acceptors (Lipinski definition) is 6. The Morgan fingerprint density at radius 2 is 2.00 bits per heavy atom. The molecule has 1 aromatic heterocycles. The molecule has 3 saturated carbocycles. The van der Waals surface area contributed by atoms with E-state index in [-0.39, 0.29) is 24.7 Å². The Balaban J connectivity index is 1.58. The number of Topliss-reactive ketones (excluding diaryl/α,β-unsaturated/α-hetero) is 2. The van der Waals surface area contributed by atoms with Gasteiger partial charge in [0.1, 0.15) is 17.9 Å². The molecule has 4 aliphatic carbocycles. The first kappa shape index (κ1) is 23.8. The van der Waals surface area contributed by atoms with Crippen molar-refractivity contribution in [2.24, 2.45) is 28.6 Å². The summed E-state index contributed by atoms with van der Waals surface area (Å²) < 4.78 is 19.2. The fourth-order valence-electron chi connectivity index (χ4n) is 8.50. The van der Waals surface area contributed by atoms with Gasteiger partial charge in [0.15, 0.2) is 11.6 Å². The van der Waals surface area contributed by atoms with Crippen molar-refractivity contribution in [2.45, 2.75) is 83.7 Å². The zero-order valence-corrected chi connectivity index (χ0v) is 20.3. The molecule has 8 atom stereocenters. The Kier molecular flexibility index (Phi) is 5.12. The van der Waals surface area contributed by atoms with E-state index >= 15 is 4.39 Å². The number of rotatable bonds is 4. The summed E-state index contributed by atoms with van der Waals surface area (Å²) in [6, 6.07) is 0. The highest BCUT2D eigenvalue weighted by molar-refractivity contribution is 5.90. The first-order chi connectivity index (χ1) is 15.8. The maximum absolute atomic E-state index is 17.5. The number of aliphatic hydroxyl groups is 3. The molecular formula is C26H35FN2O5. The zero-order chi connectivity index (χ0) is 24.8. The lowest BCUT2D eigenvalue weighted by atomic mass is 9.43. The molecule has 3 fully saturated rings. The van der Waals surface area contributed by atoms with E-state index in [4.69, 9.17) is 0 Å². The van der Waals surface area contributed by atoms with Gasteiger partial charge in [-0.25, -0.2) is 4.39 Å². The number of aromatic nitrogens is 2. The lowest BCUT2D eigenvalue weighted by molar-refractivity contribution is -0.226. The Morgan fingerprint density at radius 3 is 2.65 bits per heavy atom. The molecular weight excluding hydrogens is 439 g/mol. The van der Waals surface area contributed by atoms with Gasteiger partial charge in [-0.3, -0.25) is 14.3 Å². The minimum Gasteiger partial charge on any atom is -0.390 e. The largest absolute Gasteiger partial charge is 0.390 e. The molecule has 0 bridgehead atoms. The molecule has 5 rings (SSSR count). The number of alkyl halides is 1. The van der Waals surface area contributed by atoms with Crippen molar-refractivity contribution in [3.05, 3.63) is 23.0 Å². The smallest absolute Gasteiger partial charge is 0.190 e. The van der Waals surface area contributed by atoms with Crippen LogP contribution >= 0.6 is 0 Å². The van der Waals surface area contributed by atoms with Crippen molar-refractivity contribution in [1.29, 1.82) is 0 Å². The average Bonchev–Trinajstić information content (AvgIpc) is 3.23. The van der Waals surface area contributed by atoms with E-state index in [0.717, 1.165) is 16.8 Å². The van der Waals surface area contributed by atoms with E-state index in [1.54, 1.807) is 24.7 Å². The predicted octanol–water partition coefficient (Wildman–Crippen LogP) is 2.26. The molecule has 0 unspecified atom stereocenters. The van der Waals surface area contributed by atoms with Gasteiger partial charge in [0.2, 0.25) is 0 Å². The van der Waals surface area contributed by atoms with E-state index in [9.17, 15) is 24.9 Å². The molecule has 0 radical (unpaired) electrons. The van der Waals surface area contributed by atoms with Gasteiger partial charge in [0, 0.05) is 16.7 Å². The molecule has 1 heterocycles. The van der Waals surface area contributed by atoms with E-state index in [0.29, 0.717) is 25.7 Å². The monoisotopic (exact) mass is 474 g/mol. The third kappa shape index (κ3) is 2.65. The highest BCUT2D eigenvalue weighted by Gasteiger charge is 2.75. The average molecular weight is 475 g/mol. The van der Waals surface area contributed by atoms with Crippen molar-refractivity contribution < 1.29 is 29.3 Å². The van der Waals surface area contributed by atoms with Crippen LogP contribution in [0.5, 0.6) is 0 Å². The number of halogens is 1. The standard InChI is InChI=1S/C26H35FN2O5/c1-14-7-19-18-6-5-17-8-20-16(11-28-29(20)12-15(2)31)9-23(17,3)25(18,27)21(32)10-24(19,4)26(14,34)22(33)13-30/h8,11,14,18-19,21,30,32,34H,5-7,9-10,12-13H2,1-4H3/t14-,18+,19+,21+,23+,24+,25+,26+/m1/s1. The molecule has 8 heteroatoms. The maximum atomic E-state index is 17.5. The molecule has 0 saturated heterocycles. The molecule has 34 heavy (non-hydrogen) atoms. The van der Waals surface area contributed by atoms with E-state index in [2.05, 4.69) is 5.10 Å². The highest BCUT2D eigenvalue weighted by Crippen LogP contribution is 2.71. The SMILES string of the molecule is CC(=O)Cn1ncc2c1C=C1CC[C@H]3[C@@H]4C[C@@H](C)[C@](O)(C(=O)CO)[C@@]4(C)C[C@H](O)[C@]3(F)[C@@]1(C)C2. The molecule has 7 nitrogen and oxygen atoms in total. The van der Waals surface area contributed by atoms with Crippen LogP contribution < -0.4 is 0 Å². The summed E-state index contributed by atoms with van der Waals surface area (Å²) in [6.07, 6.45) is 4.21. The first-order valence-corrected chi connectivity index (χ1v) is 12.3. The number of allylic oxidation sites excluding steroid dienone is 1. The minimum atomic E-state index is -1.94. The molecule has 0 amide bonds. The normalized spacial score (nSPS) is 45.0. The zero-order valence-electron chi connectivity index (χ0n) is 20.3. The van der Waals surface area contributed by atoms with Crippen LogP contribution in [0, 0.1) is 28.6 Å². The van der Waals surface area contributed by atoms with Gasteiger partial charge >= 0.3 is 0 Å². The quantitative estimate of drug-likeness (QED) is 0.617. The summed E-state index contributed by atoms with van der Waals surface area (Å²) in [5.74, 6) is -1.92. The van der Waals surface area contributed by atoms with Crippen molar-refractivity contribution in [2.75, 3.05) is 6.61 Å². The summed E-state index contributed by atoms with van der Waals surface area (Å²) in [4.78, 5) is 24.4. The van der Waals surface area contributed by atoms with Gasteiger partial charge in [0.05, 0.1) is 24.5 Å². The number of ketones is 2. The Bertz CT molecular complexity index is 1100. The molecule has 186 valence electrons. The fraction of sp³-hybridized carbons (Fsp3) is 0.731. The van der Waals surface area contributed by atoms with Crippen LogP contribution in [0.2, 0.25) is 0 Å².